The Bertz CT molecular complexity index is 924. The number of unbranched alkanes of at least 4 members (excludes halogenated alkanes) is 1. The normalized spacial score (nSPS) is 11.4. The largest absolute Gasteiger partial charge is 0.356 e. The van der Waals surface area contributed by atoms with Crippen LogP contribution in [0.15, 0.2) is 16.2 Å². The molecule has 0 fully saturated rings. The molecule has 0 bridgehead atoms. The molecule has 3 rings (SSSR count). The summed E-state index contributed by atoms with van der Waals surface area (Å²) >= 11 is 1.42. The summed E-state index contributed by atoms with van der Waals surface area (Å²) in [6, 6.07) is 1.92. The summed E-state index contributed by atoms with van der Waals surface area (Å²) in [6.45, 7) is 2.84. The molecule has 0 atom stereocenters. The molecule has 128 valence electrons. The minimum atomic E-state index is -0.0539. The molecule has 8 heteroatoms. The highest BCUT2D eigenvalue weighted by Gasteiger charge is 2.15. The molecule has 0 radical (unpaired) electrons. The number of carbonyl (C=O) groups is 1. The number of hydrogen-bond donors (Lipinski definition) is 1. The van der Waals surface area contributed by atoms with E-state index in [1.54, 1.807) is 7.05 Å². The molecule has 0 spiro atoms. The Balaban J connectivity index is 1.77. The molecule has 0 saturated heterocycles. The van der Waals surface area contributed by atoms with E-state index in [0.29, 0.717) is 29.7 Å². The fourth-order valence-electron chi connectivity index (χ4n) is 2.71. The van der Waals surface area contributed by atoms with Crippen LogP contribution in [-0.4, -0.2) is 31.6 Å². The van der Waals surface area contributed by atoms with Gasteiger partial charge in [-0.2, -0.15) is 0 Å². The predicted molar refractivity (Wildman–Crippen MR) is 94.5 cm³/mol. The lowest BCUT2D eigenvalue weighted by molar-refractivity contribution is -0.121. The molecule has 0 aliphatic carbocycles. The smallest absolute Gasteiger partial charge is 0.272 e. The number of aryl methyl sites for hydroxylation is 2. The van der Waals surface area contributed by atoms with Crippen LogP contribution in [0.2, 0.25) is 0 Å². The first kappa shape index (κ1) is 16.6. The quantitative estimate of drug-likeness (QED) is 0.662. The van der Waals surface area contributed by atoms with Gasteiger partial charge in [0.15, 0.2) is 0 Å². The van der Waals surface area contributed by atoms with Gasteiger partial charge in [0.05, 0.1) is 5.52 Å². The van der Waals surface area contributed by atoms with E-state index >= 15 is 0 Å². The van der Waals surface area contributed by atoms with Crippen molar-refractivity contribution in [3.05, 3.63) is 27.6 Å². The van der Waals surface area contributed by atoms with Crippen LogP contribution in [0.4, 0.5) is 0 Å². The Morgan fingerprint density at radius 2 is 2.17 bits per heavy atom. The first-order valence-corrected chi connectivity index (χ1v) is 9.08. The second-order valence-electron chi connectivity index (χ2n) is 5.81. The van der Waals surface area contributed by atoms with E-state index in [4.69, 9.17) is 0 Å². The Morgan fingerprint density at radius 1 is 1.33 bits per heavy atom. The van der Waals surface area contributed by atoms with Gasteiger partial charge >= 0.3 is 0 Å². The molecule has 3 aromatic rings. The number of thiophene rings is 1. The number of amides is 1. The summed E-state index contributed by atoms with van der Waals surface area (Å²) in [4.78, 5) is 24.1. The molecule has 1 N–H and O–H groups in total. The summed E-state index contributed by atoms with van der Waals surface area (Å²) in [5.41, 5.74) is 0.784. The first-order chi connectivity index (χ1) is 11.6. The number of aromatic nitrogens is 4. The Morgan fingerprint density at radius 3 is 2.96 bits per heavy atom. The molecular weight excluding hydrogens is 326 g/mol. The molecule has 24 heavy (non-hydrogen) atoms. The summed E-state index contributed by atoms with van der Waals surface area (Å²) in [6.07, 6.45) is 3.89. The van der Waals surface area contributed by atoms with Crippen molar-refractivity contribution in [1.29, 1.82) is 0 Å². The topological polar surface area (TPSA) is 81.3 Å². The zero-order valence-corrected chi connectivity index (χ0v) is 14.7. The van der Waals surface area contributed by atoms with Gasteiger partial charge in [-0.05, 0) is 24.3 Å². The van der Waals surface area contributed by atoms with Crippen molar-refractivity contribution in [2.75, 3.05) is 6.54 Å². The van der Waals surface area contributed by atoms with Crippen molar-refractivity contribution in [1.82, 2.24) is 24.5 Å². The molecule has 0 aromatic carbocycles. The minimum Gasteiger partial charge on any atom is -0.356 e. The number of fused-ring (bicyclic) bond motifs is 3. The third-order valence-electron chi connectivity index (χ3n) is 4.05. The second kappa shape index (κ2) is 7.12. The second-order valence-corrected chi connectivity index (χ2v) is 6.72. The van der Waals surface area contributed by atoms with Crippen LogP contribution < -0.4 is 10.9 Å². The van der Waals surface area contributed by atoms with Crippen LogP contribution in [0.5, 0.6) is 0 Å². The lowest BCUT2D eigenvalue weighted by Crippen LogP contribution is -2.24. The monoisotopic (exact) mass is 347 g/mol. The van der Waals surface area contributed by atoms with E-state index in [-0.39, 0.29) is 11.5 Å². The van der Waals surface area contributed by atoms with Crippen LogP contribution in [0.1, 0.15) is 38.4 Å². The van der Waals surface area contributed by atoms with Gasteiger partial charge in [-0.3, -0.25) is 18.6 Å². The number of carbonyl (C=O) groups excluding carboxylic acids is 1. The predicted octanol–water partition coefficient (Wildman–Crippen LogP) is 1.88. The third-order valence-corrected chi connectivity index (χ3v) is 4.95. The lowest BCUT2D eigenvalue weighted by Gasteiger charge is -2.05. The van der Waals surface area contributed by atoms with Crippen LogP contribution in [0, 0.1) is 0 Å². The molecule has 3 heterocycles. The molecule has 0 unspecified atom stereocenters. The molecule has 3 aromatic heterocycles. The number of rotatable bonds is 7. The van der Waals surface area contributed by atoms with Crippen molar-refractivity contribution in [2.45, 2.75) is 39.0 Å². The van der Waals surface area contributed by atoms with Crippen molar-refractivity contribution >= 4 is 33.2 Å². The maximum Gasteiger partial charge on any atom is 0.272 e. The van der Waals surface area contributed by atoms with E-state index in [2.05, 4.69) is 22.4 Å². The van der Waals surface area contributed by atoms with Crippen LogP contribution >= 0.6 is 11.3 Å². The lowest BCUT2D eigenvalue weighted by atomic mass is 10.2. The summed E-state index contributed by atoms with van der Waals surface area (Å²) in [5.74, 6) is 1.39. The van der Waals surface area contributed by atoms with Crippen molar-refractivity contribution in [2.24, 2.45) is 7.05 Å². The molecule has 1 amide bonds. The minimum absolute atomic E-state index is 0.0539. The van der Waals surface area contributed by atoms with Crippen molar-refractivity contribution in [3.63, 3.8) is 0 Å². The zero-order valence-electron chi connectivity index (χ0n) is 13.9. The van der Waals surface area contributed by atoms with Gasteiger partial charge in [0.1, 0.15) is 10.5 Å². The van der Waals surface area contributed by atoms with Crippen LogP contribution in [0.25, 0.3) is 16.0 Å². The van der Waals surface area contributed by atoms with E-state index in [9.17, 15) is 9.59 Å². The van der Waals surface area contributed by atoms with Crippen LogP contribution in [-0.2, 0) is 18.3 Å². The van der Waals surface area contributed by atoms with Gasteiger partial charge in [-0.15, -0.1) is 21.5 Å². The highest BCUT2D eigenvalue weighted by molar-refractivity contribution is 7.17. The van der Waals surface area contributed by atoms with Gasteiger partial charge < -0.3 is 5.32 Å². The molecule has 0 aliphatic rings. The Labute approximate surface area is 143 Å². The highest BCUT2D eigenvalue weighted by Crippen LogP contribution is 2.19. The van der Waals surface area contributed by atoms with Crippen molar-refractivity contribution in [3.8, 4) is 0 Å². The maximum absolute atomic E-state index is 12.3. The Kier molecular flexibility index (Phi) is 4.94. The van der Waals surface area contributed by atoms with Gasteiger partial charge in [-0.25, -0.2) is 0 Å². The molecule has 0 aliphatic heterocycles. The standard InChI is InChI=1S/C16H21N5O2S/c1-3-4-9-17-13(22)7-5-6-12-18-19-16-20(2)15(23)14-11(21(12)16)8-10-24-14/h8,10H,3-7,9H2,1-2H3,(H,17,22). The van der Waals surface area contributed by atoms with Gasteiger partial charge in [-0.1, -0.05) is 13.3 Å². The average Bonchev–Trinajstić information content (AvgIpc) is 3.19. The van der Waals surface area contributed by atoms with E-state index in [1.165, 1.54) is 15.9 Å². The van der Waals surface area contributed by atoms with E-state index in [0.717, 1.165) is 30.7 Å². The zero-order chi connectivity index (χ0) is 17.1. The fourth-order valence-corrected chi connectivity index (χ4v) is 3.57. The van der Waals surface area contributed by atoms with Crippen molar-refractivity contribution < 1.29 is 4.79 Å². The molecular formula is C16H21N5O2S. The van der Waals surface area contributed by atoms with E-state index in [1.807, 2.05) is 15.8 Å². The summed E-state index contributed by atoms with van der Waals surface area (Å²) < 4.78 is 4.14. The maximum atomic E-state index is 12.3. The first-order valence-electron chi connectivity index (χ1n) is 8.20. The van der Waals surface area contributed by atoms with Crippen LogP contribution in [0.3, 0.4) is 0 Å². The summed E-state index contributed by atoms with van der Waals surface area (Å²) in [7, 11) is 1.70. The average molecular weight is 347 g/mol. The fraction of sp³-hybridized carbons (Fsp3) is 0.500. The van der Waals surface area contributed by atoms with E-state index < -0.39 is 0 Å². The SMILES string of the molecule is CCCCNC(=O)CCCc1nnc2n(C)c(=O)c3sccc3n12. The number of hydrogen-bond acceptors (Lipinski definition) is 5. The summed E-state index contributed by atoms with van der Waals surface area (Å²) in [5, 5.41) is 13.2. The van der Waals surface area contributed by atoms with Gasteiger partial charge in [0.2, 0.25) is 11.7 Å². The molecule has 7 nitrogen and oxygen atoms in total. The highest BCUT2D eigenvalue weighted by atomic mass is 32.1. The third kappa shape index (κ3) is 3.06. The number of nitrogens with zero attached hydrogens (tertiary/aromatic N) is 4. The Hall–Kier alpha value is -2.22. The number of nitrogens with one attached hydrogen (secondary N) is 1. The van der Waals surface area contributed by atoms with Gasteiger partial charge in [0.25, 0.3) is 5.56 Å². The molecule has 0 saturated carbocycles. The van der Waals surface area contributed by atoms with Gasteiger partial charge in [0, 0.05) is 26.4 Å².